The minimum atomic E-state index is -0.660. The van der Waals surface area contributed by atoms with Crippen molar-refractivity contribution in [1.29, 1.82) is 0 Å². The molecule has 0 spiro atoms. The summed E-state index contributed by atoms with van der Waals surface area (Å²) in [4.78, 5) is 12.0. The van der Waals surface area contributed by atoms with Crippen LogP contribution in [-0.2, 0) is 17.6 Å². The van der Waals surface area contributed by atoms with E-state index in [1.165, 1.54) is 0 Å². The van der Waals surface area contributed by atoms with Crippen LogP contribution in [0.4, 0.5) is 5.82 Å². The first kappa shape index (κ1) is 14.1. The van der Waals surface area contributed by atoms with Crippen molar-refractivity contribution in [1.82, 2.24) is 10.2 Å². The van der Waals surface area contributed by atoms with Crippen LogP contribution < -0.4 is 11.1 Å². The Balaban J connectivity index is 1.97. The molecule has 1 aromatic carbocycles. The summed E-state index contributed by atoms with van der Waals surface area (Å²) >= 11 is 0. The van der Waals surface area contributed by atoms with Crippen LogP contribution in [0.3, 0.4) is 0 Å². The van der Waals surface area contributed by atoms with Crippen molar-refractivity contribution in [3.63, 3.8) is 0 Å². The summed E-state index contributed by atoms with van der Waals surface area (Å²) < 4.78 is 0. The number of benzene rings is 1. The molecule has 0 fully saturated rings. The van der Waals surface area contributed by atoms with Gasteiger partial charge in [-0.3, -0.25) is 9.89 Å². The highest BCUT2D eigenvalue weighted by molar-refractivity contribution is 5.94. The number of H-pyrrole nitrogens is 1. The van der Waals surface area contributed by atoms with Gasteiger partial charge in [-0.1, -0.05) is 19.1 Å². The van der Waals surface area contributed by atoms with Crippen LogP contribution in [0.2, 0.25) is 0 Å². The van der Waals surface area contributed by atoms with Crippen LogP contribution >= 0.6 is 0 Å². The second kappa shape index (κ2) is 6.21. The lowest BCUT2D eigenvalue weighted by Crippen LogP contribution is -2.37. The normalized spacial score (nSPS) is 12.1. The molecule has 20 heavy (non-hydrogen) atoms. The van der Waals surface area contributed by atoms with Crippen LogP contribution in [0.1, 0.15) is 18.1 Å². The molecule has 1 aromatic heterocycles. The highest BCUT2D eigenvalue weighted by Crippen LogP contribution is 2.13. The highest BCUT2D eigenvalue weighted by Gasteiger charge is 2.16. The standard InChI is InChI=1S/C14H18N4O2/c1-2-10-8-16-18-13(10)17-14(20)12(15)7-9-3-5-11(19)6-4-9/h3-6,8,12,19H,2,7,15H2,1H3,(H2,16,17,18,20)/t12-/m0/s1. The molecule has 1 atom stereocenters. The minimum absolute atomic E-state index is 0.192. The lowest BCUT2D eigenvalue weighted by molar-refractivity contribution is -0.117. The van der Waals surface area contributed by atoms with Crippen molar-refractivity contribution < 1.29 is 9.90 Å². The van der Waals surface area contributed by atoms with Crippen molar-refractivity contribution >= 4 is 11.7 Å². The fourth-order valence-corrected chi connectivity index (χ4v) is 1.88. The van der Waals surface area contributed by atoms with Gasteiger partial charge in [0.15, 0.2) is 0 Å². The molecule has 0 saturated heterocycles. The number of aromatic amines is 1. The van der Waals surface area contributed by atoms with E-state index >= 15 is 0 Å². The van der Waals surface area contributed by atoms with Gasteiger partial charge in [-0.2, -0.15) is 5.10 Å². The van der Waals surface area contributed by atoms with Gasteiger partial charge < -0.3 is 16.2 Å². The lowest BCUT2D eigenvalue weighted by Gasteiger charge is -2.12. The predicted octanol–water partition coefficient (Wildman–Crippen LogP) is 1.19. The molecule has 1 heterocycles. The zero-order valence-corrected chi connectivity index (χ0v) is 11.3. The molecule has 2 rings (SSSR count). The van der Waals surface area contributed by atoms with Gasteiger partial charge >= 0.3 is 0 Å². The second-order valence-corrected chi connectivity index (χ2v) is 4.59. The van der Waals surface area contributed by atoms with Crippen molar-refractivity contribution in [2.75, 3.05) is 5.32 Å². The monoisotopic (exact) mass is 274 g/mol. The van der Waals surface area contributed by atoms with Crippen molar-refractivity contribution in [2.45, 2.75) is 25.8 Å². The number of aryl methyl sites for hydroxylation is 1. The summed E-state index contributed by atoms with van der Waals surface area (Å²) in [6, 6.07) is 5.98. The second-order valence-electron chi connectivity index (χ2n) is 4.59. The number of phenols is 1. The zero-order chi connectivity index (χ0) is 14.5. The number of carbonyl (C=O) groups is 1. The number of anilines is 1. The molecule has 0 aliphatic heterocycles. The molecule has 0 unspecified atom stereocenters. The number of aromatic hydroxyl groups is 1. The Hall–Kier alpha value is -2.34. The van der Waals surface area contributed by atoms with Gasteiger partial charge in [0.05, 0.1) is 12.2 Å². The summed E-state index contributed by atoms with van der Waals surface area (Å²) in [5.74, 6) is 0.521. The van der Waals surface area contributed by atoms with Gasteiger partial charge in [0.1, 0.15) is 11.6 Å². The van der Waals surface area contributed by atoms with Crippen LogP contribution in [0, 0.1) is 0 Å². The molecule has 0 saturated carbocycles. The maximum atomic E-state index is 12.0. The van der Waals surface area contributed by atoms with Gasteiger partial charge in [0, 0.05) is 5.56 Å². The van der Waals surface area contributed by atoms with Gasteiger partial charge in [-0.05, 0) is 30.5 Å². The number of rotatable bonds is 5. The van der Waals surface area contributed by atoms with Crippen LogP contribution in [-0.4, -0.2) is 27.3 Å². The number of amides is 1. The van der Waals surface area contributed by atoms with E-state index in [9.17, 15) is 9.90 Å². The summed E-state index contributed by atoms with van der Waals surface area (Å²) in [5.41, 5.74) is 7.72. The Morgan fingerprint density at radius 3 is 2.80 bits per heavy atom. The minimum Gasteiger partial charge on any atom is -0.508 e. The Labute approximate surface area is 117 Å². The number of aromatic nitrogens is 2. The number of nitrogens with two attached hydrogens (primary N) is 1. The van der Waals surface area contributed by atoms with Crippen LogP contribution in [0.25, 0.3) is 0 Å². The topological polar surface area (TPSA) is 104 Å². The number of nitrogens with one attached hydrogen (secondary N) is 2. The first-order chi connectivity index (χ1) is 9.60. The average molecular weight is 274 g/mol. The fraction of sp³-hybridized carbons (Fsp3) is 0.286. The molecule has 0 radical (unpaired) electrons. The molecule has 6 heteroatoms. The number of phenolic OH excluding ortho intramolecular Hbond substituents is 1. The first-order valence-electron chi connectivity index (χ1n) is 6.46. The predicted molar refractivity (Wildman–Crippen MR) is 76.4 cm³/mol. The third kappa shape index (κ3) is 3.36. The first-order valence-corrected chi connectivity index (χ1v) is 6.46. The number of hydrogen-bond acceptors (Lipinski definition) is 4. The third-order valence-corrected chi connectivity index (χ3v) is 3.08. The van der Waals surface area contributed by atoms with Crippen molar-refractivity contribution in [3.05, 3.63) is 41.6 Å². The van der Waals surface area contributed by atoms with Crippen molar-refractivity contribution in [3.8, 4) is 5.75 Å². The van der Waals surface area contributed by atoms with Gasteiger partial charge in [0.25, 0.3) is 0 Å². The van der Waals surface area contributed by atoms with Crippen molar-refractivity contribution in [2.24, 2.45) is 5.73 Å². The van der Waals surface area contributed by atoms with E-state index in [1.807, 2.05) is 6.92 Å². The summed E-state index contributed by atoms with van der Waals surface area (Å²) in [6.07, 6.45) is 2.86. The molecule has 2 aromatic rings. The molecular weight excluding hydrogens is 256 g/mol. The van der Waals surface area contributed by atoms with Crippen LogP contribution in [0.5, 0.6) is 5.75 Å². The van der Waals surface area contributed by atoms with E-state index in [2.05, 4.69) is 15.5 Å². The molecule has 0 bridgehead atoms. The van der Waals surface area contributed by atoms with Gasteiger partial charge in [-0.15, -0.1) is 0 Å². The van der Waals surface area contributed by atoms with E-state index in [0.29, 0.717) is 12.2 Å². The van der Waals surface area contributed by atoms with Crippen LogP contribution in [0.15, 0.2) is 30.5 Å². The van der Waals surface area contributed by atoms with E-state index in [-0.39, 0.29) is 11.7 Å². The lowest BCUT2D eigenvalue weighted by atomic mass is 10.1. The smallest absolute Gasteiger partial charge is 0.242 e. The molecule has 106 valence electrons. The number of hydrogen-bond donors (Lipinski definition) is 4. The SMILES string of the molecule is CCc1cn[nH]c1NC(=O)[C@@H](N)Cc1ccc(O)cc1. The van der Waals surface area contributed by atoms with E-state index < -0.39 is 6.04 Å². The summed E-state index contributed by atoms with van der Waals surface area (Å²) in [5, 5.41) is 18.6. The largest absolute Gasteiger partial charge is 0.508 e. The Morgan fingerprint density at radius 1 is 1.45 bits per heavy atom. The number of carbonyl (C=O) groups excluding carboxylic acids is 1. The van der Waals surface area contributed by atoms with E-state index in [4.69, 9.17) is 5.73 Å². The van der Waals surface area contributed by atoms with E-state index in [0.717, 1.165) is 17.5 Å². The van der Waals surface area contributed by atoms with Gasteiger partial charge in [-0.25, -0.2) is 0 Å². The molecule has 6 nitrogen and oxygen atoms in total. The molecule has 1 amide bonds. The fourth-order valence-electron chi connectivity index (χ4n) is 1.88. The average Bonchev–Trinajstić information content (AvgIpc) is 2.88. The number of nitrogens with zero attached hydrogens (tertiary/aromatic N) is 1. The molecule has 5 N–H and O–H groups in total. The third-order valence-electron chi connectivity index (χ3n) is 3.08. The molecular formula is C14H18N4O2. The summed E-state index contributed by atoms with van der Waals surface area (Å²) in [6.45, 7) is 1.98. The highest BCUT2D eigenvalue weighted by atomic mass is 16.3. The maximum absolute atomic E-state index is 12.0. The zero-order valence-electron chi connectivity index (χ0n) is 11.3. The molecule has 0 aliphatic rings. The van der Waals surface area contributed by atoms with Gasteiger partial charge in [0.2, 0.25) is 5.91 Å². The summed E-state index contributed by atoms with van der Waals surface area (Å²) in [7, 11) is 0. The molecule has 0 aliphatic carbocycles. The Bertz CT molecular complexity index is 577. The quantitative estimate of drug-likeness (QED) is 0.657. The maximum Gasteiger partial charge on any atom is 0.242 e. The Morgan fingerprint density at radius 2 is 2.15 bits per heavy atom. The Kier molecular flexibility index (Phi) is 4.37. The van der Waals surface area contributed by atoms with E-state index in [1.54, 1.807) is 30.5 Å².